The second-order valence-electron chi connectivity index (χ2n) is 4.25. The van der Waals surface area contributed by atoms with E-state index in [1.165, 1.54) is 0 Å². The van der Waals surface area contributed by atoms with Gasteiger partial charge in [-0.15, -0.1) is 0 Å². The highest BCUT2D eigenvalue weighted by Crippen LogP contribution is 2.22. The Balaban J connectivity index is 2.14. The summed E-state index contributed by atoms with van der Waals surface area (Å²) in [5.74, 6) is 0.374. The first-order valence-corrected chi connectivity index (χ1v) is 7.99. The Kier molecular flexibility index (Phi) is 3.96. The van der Waals surface area contributed by atoms with Crippen LogP contribution in [0.5, 0.6) is 0 Å². The van der Waals surface area contributed by atoms with Crippen LogP contribution in [0.1, 0.15) is 17.0 Å². The number of hydrogen-bond acceptors (Lipinski definition) is 4. The van der Waals surface area contributed by atoms with E-state index in [0.717, 1.165) is 10.0 Å². The SMILES string of the molecule is Cc1cc(CS(=O)(=O)Nc2ccc(C)c(Br)c2)no1. The van der Waals surface area contributed by atoms with E-state index in [-0.39, 0.29) is 5.75 Å². The summed E-state index contributed by atoms with van der Waals surface area (Å²) in [6.07, 6.45) is 0. The maximum absolute atomic E-state index is 12.0. The van der Waals surface area contributed by atoms with Gasteiger partial charge in [-0.25, -0.2) is 8.42 Å². The van der Waals surface area contributed by atoms with Crippen LogP contribution in [-0.2, 0) is 15.8 Å². The van der Waals surface area contributed by atoms with E-state index in [0.29, 0.717) is 17.1 Å². The molecule has 7 heteroatoms. The van der Waals surface area contributed by atoms with Gasteiger partial charge in [-0.3, -0.25) is 4.72 Å². The van der Waals surface area contributed by atoms with Gasteiger partial charge in [0.25, 0.3) is 0 Å². The van der Waals surface area contributed by atoms with E-state index in [2.05, 4.69) is 25.8 Å². The van der Waals surface area contributed by atoms with Crippen LogP contribution in [-0.4, -0.2) is 13.6 Å². The van der Waals surface area contributed by atoms with E-state index in [9.17, 15) is 8.42 Å². The third kappa shape index (κ3) is 3.81. The van der Waals surface area contributed by atoms with Crippen LogP contribution < -0.4 is 4.72 Å². The standard InChI is InChI=1S/C12H13BrN2O3S/c1-8-3-4-10(6-12(8)13)15-19(16,17)7-11-5-9(2)18-14-11/h3-6,15H,7H2,1-2H3. The third-order valence-electron chi connectivity index (χ3n) is 2.46. The van der Waals surface area contributed by atoms with Crippen molar-refractivity contribution >= 4 is 31.6 Å². The lowest BCUT2D eigenvalue weighted by atomic mass is 10.2. The Bertz CT molecular complexity index is 695. The van der Waals surface area contributed by atoms with Gasteiger partial charge in [0.05, 0.1) is 0 Å². The first kappa shape index (κ1) is 14.1. The molecule has 0 unspecified atom stereocenters. The van der Waals surface area contributed by atoms with Gasteiger partial charge in [-0.2, -0.15) is 0 Å². The van der Waals surface area contributed by atoms with E-state index >= 15 is 0 Å². The van der Waals surface area contributed by atoms with Gasteiger partial charge >= 0.3 is 0 Å². The number of rotatable bonds is 4. The summed E-state index contributed by atoms with van der Waals surface area (Å²) in [7, 11) is -3.50. The predicted octanol–water partition coefficient (Wildman–Crippen LogP) is 3.00. The smallest absolute Gasteiger partial charge is 0.238 e. The fourth-order valence-corrected chi connectivity index (χ4v) is 3.02. The molecule has 5 nitrogen and oxygen atoms in total. The number of aromatic nitrogens is 1. The summed E-state index contributed by atoms with van der Waals surface area (Å²) in [5.41, 5.74) is 1.93. The number of hydrogen-bond donors (Lipinski definition) is 1. The van der Waals surface area contributed by atoms with Crippen molar-refractivity contribution in [3.05, 3.63) is 45.8 Å². The second kappa shape index (κ2) is 5.34. The molecule has 19 heavy (non-hydrogen) atoms. The Morgan fingerprint density at radius 1 is 1.32 bits per heavy atom. The lowest BCUT2D eigenvalue weighted by Gasteiger charge is -2.08. The normalized spacial score (nSPS) is 11.5. The van der Waals surface area contributed by atoms with E-state index in [4.69, 9.17) is 4.52 Å². The highest BCUT2D eigenvalue weighted by molar-refractivity contribution is 9.10. The molecule has 0 aliphatic rings. The molecule has 0 saturated carbocycles. The number of aryl methyl sites for hydroxylation is 2. The highest BCUT2D eigenvalue weighted by atomic mass is 79.9. The summed E-state index contributed by atoms with van der Waals surface area (Å²) in [6.45, 7) is 3.65. The summed E-state index contributed by atoms with van der Waals surface area (Å²) in [5, 5.41) is 3.67. The van der Waals surface area contributed by atoms with Crippen molar-refractivity contribution in [1.29, 1.82) is 0 Å². The molecule has 0 amide bonds. The van der Waals surface area contributed by atoms with Gasteiger partial charge in [0, 0.05) is 16.2 Å². The maximum atomic E-state index is 12.0. The van der Waals surface area contributed by atoms with Gasteiger partial charge in [0.15, 0.2) is 0 Å². The predicted molar refractivity (Wildman–Crippen MR) is 76.4 cm³/mol. The Morgan fingerprint density at radius 3 is 2.63 bits per heavy atom. The van der Waals surface area contributed by atoms with Gasteiger partial charge in [0.2, 0.25) is 10.0 Å². The molecule has 1 aromatic heterocycles. The molecule has 0 spiro atoms. The number of sulfonamides is 1. The number of anilines is 1. The Labute approximate surface area is 120 Å². The molecule has 0 saturated heterocycles. The topological polar surface area (TPSA) is 72.2 Å². The van der Waals surface area contributed by atoms with Gasteiger partial charge in [0.1, 0.15) is 17.2 Å². The first-order chi connectivity index (χ1) is 8.85. The minimum atomic E-state index is -3.50. The molecule has 2 aromatic rings. The minimum absolute atomic E-state index is 0.212. The molecule has 1 heterocycles. The Morgan fingerprint density at radius 2 is 2.05 bits per heavy atom. The summed E-state index contributed by atoms with van der Waals surface area (Å²) < 4.78 is 32.1. The van der Waals surface area contributed by atoms with Gasteiger partial charge < -0.3 is 4.52 Å². The molecule has 0 aliphatic heterocycles. The van der Waals surface area contributed by atoms with Crippen LogP contribution in [0.3, 0.4) is 0 Å². The van der Waals surface area contributed by atoms with Crippen molar-refractivity contribution in [2.45, 2.75) is 19.6 Å². The molecule has 1 aromatic carbocycles. The van der Waals surface area contributed by atoms with Crippen molar-refractivity contribution in [3.8, 4) is 0 Å². The summed E-state index contributed by atoms with van der Waals surface area (Å²) in [4.78, 5) is 0. The molecular weight excluding hydrogens is 332 g/mol. The van der Waals surface area contributed by atoms with E-state index in [1.807, 2.05) is 13.0 Å². The zero-order chi connectivity index (χ0) is 14.0. The van der Waals surface area contributed by atoms with E-state index < -0.39 is 10.0 Å². The molecule has 1 N–H and O–H groups in total. The van der Waals surface area contributed by atoms with Crippen LogP contribution in [0.15, 0.2) is 33.3 Å². The molecule has 0 atom stereocenters. The first-order valence-electron chi connectivity index (χ1n) is 5.54. The lowest BCUT2D eigenvalue weighted by molar-refractivity contribution is 0.392. The fraction of sp³-hybridized carbons (Fsp3) is 0.250. The number of nitrogens with one attached hydrogen (secondary N) is 1. The molecule has 0 radical (unpaired) electrons. The fourth-order valence-electron chi connectivity index (χ4n) is 1.55. The van der Waals surface area contributed by atoms with Crippen molar-refractivity contribution < 1.29 is 12.9 Å². The quantitative estimate of drug-likeness (QED) is 0.925. The monoisotopic (exact) mass is 344 g/mol. The molecule has 0 fully saturated rings. The average molecular weight is 345 g/mol. The number of nitrogens with zero attached hydrogens (tertiary/aromatic N) is 1. The number of benzene rings is 1. The highest BCUT2D eigenvalue weighted by Gasteiger charge is 2.15. The van der Waals surface area contributed by atoms with E-state index in [1.54, 1.807) is 25.1 Å². The largest absolute Gasteiger partial charge is 0.361 e. The Hall–Kier alpha value is -1.34. The second-order valence-corrected chi connectivity index (χ2v) is 6.83. The van der Waals surface area contributed by atoms with Crippen LogP contribution >= 0.6 is 15.9 Å². The molecule has 102 valence electrons. The molecular formula is C12H13BrN2O3S. The van der Waals surface area contributed by atoms with Gasteiger partial charge in [-0.05, 0) is 31.5 Å². The van der Waals surface area contributed by atoms with Crippen molar-refractivity contribution in [2.75, 3.05) is 4.72 Å². The van der Waals surface area contributed by atoms with Crippen LogP contribution in [0.2, 0.25) is 0 Å². The zero-order valence-corrected chi connectivity index (χ0v) is 12.9. The third-order valence-corrected chi connectivity index (χ3v) is 4.54. The van der Waals surface area contributed by atoms with Crippen molar-refractivity contribution in [2.24, 2.45) is 0 Å². The molecule has 0 aliphatic carbocycles. The summed E-state index contributed by atoms with van der Waals surface area (Å²) >= 11 is 3.36. The zero-order valence-electron chi connectivity index (χ0n) is 10.5. The average Bonchev–Trinajstić information content (AvgIpc) is 2.68. The molecule has 2 rings (SSSR count). The lowest BCUT2D eigenvalue weighted by Crippen LogP contribution is -2.15. The summed E-state index contributed by atoms with van der Waals surface area (Å²) in [6, 6.07) is 6.87. The van der Waals surface area contributed by atoms with Crippen molar-refractivity contribution in [1.82, 2.24) is 5.16 Å². The number of halogens is 1. The van der Waals surface area contributed by atoms with Crippen LogP contribution in [0.4, 0.5) is 5.69 Å². The van der Waals surface area contributed by atoms with Crippen molar-refractivity contribution in [3.63, 3.8) is 0 Å². The van der Waals surface area contributed by atoms with Gasteiger partial charge in [-0.1, -0.05) is 27.2 Å². The minimum Gasteiger partial charge on any atom is -0.361 e. The molecule has 0 bridgehead atoms. The van der Waals surface area contributed by atoms with Crippen LogP contribution in [0.25, 0.3) is 0 Å². The maximum Gasteiger partial charge on any atom is 0.238 e. The van der Waals surface area contributed by atoms with Crippen LogP contribution in [0, 0.1) is 13.8 Å².